The molecule has 2 N–H and O–H groups in total. The van der Waals surface area contributed by atoms with E-state index in [2.05, 4.69) is 15.4 Å². The molecule has 1 unspecified atom stereocenters. The van der Waals surface area contributed by atoms with Crippen molar-refractivity contribution in [3.05, 3.63) is 28.3 Å². The first-order valence-electron chi connectivity index (χ1n) is 6.85. The van der Waals surface area contributed by atoms with Gasteiger partial charge in [0.05, 0.1) is 16.7 Å². The molecule has 1 heterocycles. The highest BCUT2D eigenvalue weighted by atomic mass is 19.3. The maximum Gasteiger partial charge on any atom is 0.387 e. The van der Waals surface area contributed by atoms with Crippen molar-refractivity contribution < 1.29 is 28.0 Å². The standard InChI is InChI=1S/C13H15F2N3O5/c14-12(15)23-11-4-3-8(18(20)21)6-10(11)17-13(19)16-7-9-2-1-5-22-9/h3-4,6,9,12H,1-2,5,7H2,(H2,16,17,19). The second-order valence-corrected chi connectivity index (χ2v) is 4.79. The van der Waals surface area contributed by atoms with Crippen molar-refractivity contribution in [1.29, 1.82) is 0 Å². The SMILES string of the molecule is O=C(NCC1CCCO1)Nc1cc([N+](=O)[O-])ccc1OC(F)F. The third-order valence-corrected chi connectivity index (χ3v) is 3.15. The van der Waals surface area contributed by atoms with Gasteiger partial charge in [0, 0.05) is 25.3 Å². The maximum absolute atomic E-state index is 12.3. The fourth-order valence-corrected chi connectivity index (χ4v) is 2.11. The van der Waals surface area contributed by atoms with E-state index in [1.54, 1.807) is 0 Å². The number of carbonyl (C=O) groups excluding carboxylic acids is 1. The zero-order valence-electron chi connectivity index (χ0n) is 12.0. The summed E-state index contributed by atoms with van der Waals surface area (Å²) in [7, 11) is 0. The summed E-state index contributed by atoms with van der Waals surface area (Å²) in [6.07, 6.45) is 1.63. The van der Waals surface area contributed by atoms with E-state index in [0.29, 0.717) is 6.61 Å². The molecule has 2 rings (SSSR count). The average Bonchev–Trinajstić information content (AvgIpc) is 2.99. The average molecular weight is 331 g/mol. The van der Waals surface area contributed by atoms with Crippen molar-refractivity contribution in [2.45, 2.75) is 25.6 Å². The second-order valence-electron chi connectivity index (χ2n) is 4.79. The third-order valence-electron chi connectivity index (χ3n) is 3.15. The molecule has 1 aromatic carbocycles. The van der Waals surface area contributed by atoms with Crippen LogP contribution in [0.15, 0.2) is 18.2 Å². The fourth-order valence-electron chi connectivity index (χ4n) is 2.11. The number of non-ortho nitro benzene ring substituents is 1. The molecule has 0 saturated carbocycles. The first kappa shape index (κ1) is 16.9. The first-order chi connectivity index (χ1) is 11.0. The highest BCUT2D eigenvalue weighted by molar-refractivity contribution is 5.91. The first-order valence-corrected chi connectivity index (χ1v) is 6.85. The lowest BCUT2D eigenvalue weighted by molar-refractivity contribution is -0.384. The van der Waals surface area contributed by atoms with Crippen LogP contribution in [0.25, 0.3) is 0 Å². The molecular formula is C13H15F2N3O5. The van der Waals surface area contributed by atoms with Gasteiger partial charge in [0.15, 0.2) is 0 Å². The second kappa shape index (κ2) is 7.68. The molecule has 0 radical (unpaired) electrons. The van der Waals surface area contributed by atoms with Gasteiger partial charge in [-0.3, -0.25) is 10.1 Å². The maximum atomic E-state index is 12.3. The van der Waals surface area contributed by atoms with Crippen molar-refractivity contribution in [2.75, 3.05) is 18.5 Å². The zero-order chi connectivity index (χ0) is 16.8. The summed E-state index contributed by atoms with van der Waals surface area (Å²) in [5.41, 5.74) is -0.578. The van der Waals surface area contributed by atoms with E-state index in [-0.39, 0.29) is 29.8 Å². The summed E-state index contributed by atoms with van der Waals surface area (Å²) in [6, 6.07) is 2.26. The molecule has 1 aliphatic rings. The predicted octanol–water partition coefficient (Wildman–Crippen LogP) is 2.50. The van der Waals surface area contributed by atoms with Crippen LogP contribution in [-0.2, 0) is 4.74 Å². The van der Waals surface area contributed by atoms with Gasteiger partial charge in [0.25, 0.3) is 5.69 Å². The number of halogens is 2. The van der Waals surface area contributed by atoms with Gasteiger partial charge in [-0.05, 0) is 18.9 Å². The minimum atomic E-state index is -3.12. The van der Waals surface area contributed by atoms with Crippen molar-refractivity contribution in [3.8, 4) is 5.75 Å². The number of nitrogens with one attached hydrogen (secondary N) is 2. The largest absolute Gasteiger partial charge is 0.433 e. The van der Waals surface area contributed by atoms with E-state index in [9.17, 15) is 23.7 Å². The van der Waals surface area contributed by atoms with Gasteiger partial charge in [-0.2, -0.15) is 8.78 Å². The molecular weight excluding hydrogens is 316 g/mol. The van der Waals surface area contributed by atoms with Crippen LogP contribution >= 0.6 is 0 Å². The Kier molecular flexibility index (Phi) is 5.63. The number of nitro benzene ring substituents is 1. The van der Waals surface area contributed by atoms with Crippen LogP contribution in [0.3, 0.4) is 0 Å². The summed E-state index contributed by atoms with van der Waals surface area (Å²) in [6.45, 7) is -2.23. The number of rotatable bonds is 6. The minimum Gasteiger partial charge on any atom is -0.433 e. The van der Waals surface area contributed by atoms with Gasteiger partial charge in [0.2, 0.25) is 0 Å². The van der Waals surface area contributed by atoms with E-state index in [1.165, 1.54) is 0 Å². The molecule has 0 aliphatic carbocycles. The summed E-state index contributed by atoms with van der Waals surface area (Å²) in [4.78, 5) is 21.8. The molecule has 8 nitrogen and oxygen atoms in total. The lowest BCUT2D eigenvalue weighted by atomic mass is 10.2. The van der Waals surface area contributed by atoms with Crippen molar-refractivity contribution >= 4 is 17.4 Å². The Bertz CT molecular complexity index is 579. The normalized spacial score (nSPS) is 17.1. The monoisotopic (exact) mass is 331 g/mol. The quantitative estimate of drug-likeness (QED) is 0.616. The number of nitro groups is 1. The van der Waals surface area contributed by atoms with Gasteiger partial charge < -0.3 is 20.1 Å². The molecule has 1 aromatic rings. The van der Waals surface area contributed by atoms with Gasteiger partial charge in [-0.25, -0.2) is 4.79 Å². The number of amides is 2. The molecule has 1 atom stereocenters. The Morgan fingerprint density at radius 1 is 1.52 bits per heavy atom. The molecule has 0 bridgehead atoms. The molecule has 126 valence electrons. The van der Waals surface area contributed by atoms with Gasteiger partial charge in [0.1, 0.15) is 5.75 Å². The number of benzene rings is 1. The van der Waals surface area contributed by atoms with Crippen LogP contribution in [0.5, 0.6) is 5.75 Å². The number of hydrogen-bond donors (Lipinski definition) is 2. The van der Waals surface area contributed by atoms with Gasteiger partial charge >= 0.3 is 12.6 Å². The van der Waals surface area contributed by atoms with Gasteiger partial charge in [-0.15, -0.1) is 0 Å². The van der Waals surface area contributed by atoms with E-state index in [0.717, 1.165) is 31.0 Å². The predicted molar refractivity (Wildman–Crippen MR) is 75.7 cm³/mol. The molecule has 1 saturated heterocycles. The van der Waals surface area contributed by atoms with E-state index in [4.69, 9.17) is 4.74 Å². The molecule has 1 fully saturated rings. The Hall–Kier alpha value is -2.49. The summed E-state index contributed by atoms with van der Waals surface area (Å²) < 4.78 is 34.3. The highest BCUT2D eigenvalue weighted by Gasteiger charge is 2.19. The fraction of sp³-hybridized carbons (Fsp3) is 0.462. The Morgan fingerprint density at radius 2 is 2.30 bits per heavy atom. The van der Waals surface area contributed by atoms with E-state index >= 15 is 0 Å². The van der Waals surface area contributed by atoms with E-state index in [1.807, 2.05) is 0 Å². The van der Waals surface area contributed by atoms with Crippen LogP contribution in [0.2, 0.25) is 0 Å². The molecule has 23 heavy (non-hydrogen) atoms. The number of anilines is 1. The molecule has 10 heteroatoms. The summed E-state index contributed by atoms with van der Waals surface area (Å²) in [5.74, 6) is -0.363. The Balaban J connectivity index is 2.03. The number of ether oxygens (including phenoxy) is 2. The van der Waals surface area contributed by atoms with Gasteiger partial charge in [-0.1, -0.05) is 0 Å². The van der Waals surface area contributed by atoms with Crippen LogP contribution in [-0.4, -0.2) is 36.8 Å². The van der Waals surface area contributed by atoms with Crippen LogP contribution in [0, 0.1) is 10.1 Å². The van der Waals surface area contributed by atoms with Crippen LogP contribution < -0.4 is 15.4 Å². The van der Waals surface area contributed by atoms with Crippen molar-refractivity contribution in [1.82, 2.24) is 5.32 Å². The molecule has 1 aliphatic heterocycles. The molecule has 0 spiro atoms. The minimum absolute atomic E-state index is 0.0948. The molecule has 0 aromatic heterocycles. The highest BCUT2D eigenvalue weighted by Crippen LogP contribution is 2.30. The van der Waals surface area contributed by atoms with Crippen LogP contribution in [0.4, 0.5) is 25.0 Å². The Labute approximate surface area is 129 Å². The summed E-state index contributed by atoms with van der Waals surface area (Å²) >= 11 is 0. The number of alkyl halides is 2. The van der Waals surface area contributed by atoms with Crippen LogP contribution in [0.1, 0.15) is 12.8 Å². The van der Waals surface area contributed by atoms with Crippen molar-refractivity contribution in [2.24, 2.45) is 0 Å². The Morgan fingerprint density at radius 3 is 2.91 bits per heavy atom. The lowest BCUT2D eigenvalue weighted by Crippen LogP contribution is -2.35. The number of hydrogen-bond acceptors (Lipinski definition) is 5. The zero-order valence-corrected chi connectivity index (χ0v) is 12.0. The smallest absolute Gasteiger partial charge is 0.387 e. The summed E-state index contributed by atoms with van der Waals surface area (Å²) in [5, 5.41) is 15.5. The molecule has 2 amide bonds. The number of urea groups is 1. The lowest BCUT2D eigenvalue weighted by Gasteiger charge is -2.14. The van der Waals surface area contributed by atoms with E-state index < -0.39 is 17.6 Å². The van der Waals surface area contributed by atoms with Crippen molar-refractivity contribution in [3.63, 3.8) is 0 Å². The third kappa shape index (κ3) is 5.02. The topological polar surface area (TPSA) is 103 Å². The number of nitrogens with zero attached hydrogens (tertiary/aromatic N) is 1. The number of carbonyl (C=O) groups is 1.